The number of hydrogen-bond donors (Lipinski definition) is 0. The molecule has 0 aromatic heterocycles. The molecule has 1 heterocycles. The highest BCUT2D eigenvalue weighted by atomic mass is 32.2. The van der Waals surface area contributed by atoms with E-state index in [0.717, 1.165) is 0 Å². The molecule has 0 N–H and O–H groups in total. The summed E-state index contributed by atoms with van der Waals surface area (Å²) >= 11 is 0. The van der Waals surface area contributed by atoms with Gasteiger partial charge in [-0.1, -0.05) is 6.92 Å². The van der Waals surface area contributed by atoms with E-state index < -0.39 is 20.0 Å². The average molecular weight is 362 g/mol. The zero-order valence-electron chi connectivity index (χ0n) is 13.3. The molecule has 7 nitrogen and oxygen atoms in total. The van der Waals surface area contributed by atoms with E-state index >= 15 is 0 Å². The summed E-state index contributed by atoms with van der Waals surface area (Å²) in [4.78, 5) is 0.183. The molecule has 0 saturated carbocycles. The van der Waals surface area contributed by atoms with Gasteiger partial charge in [0, 0.05) is 26.2 Å². The van der Waals surface area contributed by atoms with Crippen molar-refractivity contribution < 1.29 is 21.6 Å². The van der Waals surface area contributed by atoms with Crippen molar-refractivity contribution in [3.63, 3.8) is 0 Å². The van der Waals surface area contributed by atoms with E-state index in [4.69, 9.17) is 4.74 Å². The topological polar surface area (TPSA) is 84.0 Å². The number of nitrogens with zero attached hydrogens (tertiary/aromatic N) is 2. The Hall–Kier alpha value is -1.16. The third kappa shape index (κ3) is 4.03. The molecule has 1 aromatic carbocycles. The molecular weight excluding hydrogens is 340 g/mol. The first-order valence-electron chi connectivity index (χ1n) is 7.43. The Bertz CT molecular complexity index is 721. The van der Waals surface area contributed by atoms with Gasteiger partial charge in [0.15, 0.2) is 0 Å². The van der Waals surface area contributed by atoms with Crippen LogP contribution < -0.4 is 4.74 Å². The Kier molecular flexibility index (Phi) is 5.66. The number of piperazine rings is 1. The van der Waals surface area contributed by atoms with Crippen LogP contribution in [-0.4, -0.2) is 64.5 Å². The first-order chi connectivity index (χ1) is 10.8. The highest BCUT2D eigenvalue weighted by molar-refractivity contribution is 7.89. The molecule has 23 heavy (non-hydrogen) atoms. The lowest BCUT2D eigenvalue weighted by Gasteiger charge is -2.33. The molecule has 1 aromatic rings. The summed E-state index contributed by atoms with van der Waals surface area (Å²) in [6.07, 6.45) is 0.548. The van der Waals surface area contributed by atoms with E-state index in [1.165, 1.54) is 27.9 Å². The Balaban J connectivity index is 2.09. The number of ether oxygens (including phenoxy) is 1. The fourth-order valence-corrected chi connectivity index (χ4v) is 5.39. The second kappa shape index (κ2) is 7.16. The van der Waals surface area contributed by atoms with Crippen LogP contribution >= 0.6 is 0 Å². The summed E-state index contributed by atoms with van der Waals surface area (Å²) in [5.41, 5.74) is 0. The quantitative estimate of drug-likeness (QED) is 0.745. The van der Waals surface area contributed by atoms with Crippen LogP contribution in [0, 0.1) is 0 Å². The Morgan fingerprint density at radius 3 is 1.96 bits per heavy atom. The van der Waals surface area contributed by atoms with Crippen molar-refractivity contribution in [1.29, 1.82) is 0 Å². The van der Waals surface area contributed by atoms with Crippen molar-refractivity contribution in [2.45, 2.75) is 18.2 Å². The van der Waals surface area contributed by atoms with Crippen molar-refractivity contribution in [1.82, 2.24) is 8.61 Å². The zero-order chi connectivity index (χ0) is 17.1. The van der Waals surface area contributed by atoms with Crippen LogP contribution in [-0.2, 0) is 20.0 Å². The summed E-state index contributed by atoms with van der Waals surface area (Å²) in [6, 6.07) is 6.17. The minimum absolute atomic E-state index is 0.0955. The second-order valence-electron chi connectivity index (χ2n) is 5.29. The van der Waals surface area contributed by atoms with E-state index in [1.54, 1.807) is 12.1 Å². The van der Waals surface area contributed by atoms with Gasteiger partial charge in [-0.15, -0.1) is 0 Å². The summed E-state index contributed by atoms with van der Waals surface area (Å²) in [7, 11) is -5.38. The molecule has 0 radical (unpaired) electrons. The van der Waals surface area contributed by atoms with Crippen LogP contribution in [0.2, 0.25) is 0 Å². The van der Waals surface area contributed by atoms with Gasteiger partial charge in [0.25, 0.3) is 0 Å². The molecule has 1 saturated heterocycles. The number of methoxy groups -OCH3 is 1. The van der Waals surface area contributed by atoms with E-state index in [-0.39, 0.29) is 36.8 Å². The second-order valence-corrected chi connectivity index (χ2v) is 9.32. The van der Waals surface area contributed by atoms with Crippen molar-refractivity contribution in [2.75, 3.05) is 39.0 Å². The van der Waals surface area contributed by atoms with Crippen molar-refractivity contribution in [3.8, 4) is 5.75 Å². The first kappa shape index (κ1) is 18.2. The van der Waals surface area contributed by atoms with Gasteiger partial charge in [-0.2, -0.15) is 8.61 Å². The molecule has 0 atom stereocenters. The smallest absolute Gasteiger partial charge is 0.243 e. The molecule has 0 aliphatic carbocycles. The lowest BCUT2D eigenvalue weighted by atomic mass is 10.3. The van der Waals surface area contributed by atoms with Crippen LogP contribution in [0.5, 0.6) is 5.75 Å². The predicted octanol–water partition coefficient (Wildman–Crippen LogP) is 0.741. The summed E-state index contributed by atoms with van der Waals surface area (Å²) in [5, 5.41) is 0. The largest absolute Gasteiger partial charge is 0.497 e. The Labute approximate surface area is 137 Å². The number of benzene rings is 1. The zero-order valence-corrected chi connectivity index (χ0v) is 14.9. The van der Waals surface area contributed by atoms with Crippen molar-refractivity contribution in [2.24, 2.45) is 0 Å². The standard InChI is InChI=1S/C14H22N2O5S2/c1-3-12-22(17,18)15-8-10-16(11-9-15)23(19,20)14-6-4-13(21-2)5-7-14/h4-7H,3,8-12H2,1-2H3. The maximum absolute atomic E-state index is 12.6. The molecule has 1 aliphatic rings. The molecule has 0 spiro atoms. The molecule has 0 unspecified atom stereocenters. The molecular formula is C14H22N2O5S2. The predicted molar refractivity (Wildman–Crippen MR) is 87.4 cm³/mol. The minimum Gasteiger partial charge on any atom is -0.497 e. The van der Waals surface area contributed by atoms with Crippen molar-refractivity contribution >= 4 is 20.0 Å². The summed E-state index contributed by atoms with van der Waals surface area (Å²) in [5.74, 6) is 0.678. The van der Waals surface area contributed by atoms with Gasteiger partial charge in [0.2, 0.25) is 20.0 Å². The SMILES string of the molecule is CCCS(=O)(=O)N1CCN(S(=O)(=O)c2ccc(OC)cc2)CC1. The van der Waals surface area contributed by atoms with Crippen molar-refractivity contribution in [3.05, 3.63) is 24.3 Å². The van der Waals surface area contributed by atoms with E-state index in [2.05, 4.69) is 0 Å². The number of hydrogen-bond acceptors (Lipinski definition) is 5. The number of sulfonamides is 2. The van der Waals surface area contributed by atoms with Gasteiger partial charge in [-0.25, -0.2) is 16.8 Å². The Morgan fingerprint density at radius 2 is 1.48 bits per heavy atom. The molecule has 0 amide bonds. The van der Waals surface area contributed by atoms with E-state index in [9.17, 15) is 16.8 Å². The Morgan fingerprint density at radius 1 is 0.957 bits per heavy atom. The molecule has 1 aliphatic heterocycles. The summed E-state index contributed by atoms with van der Waals surface area (Å²) in [6.45, 7) is 2.52. The molecule has 2 rings (SSSR count). The van der Waals surface area contributed by atoms with Gasteiger partial charge in [0.05, 0.1) is 17.8 Å². The van der Waals surface area contributed by atoms with Gasteiger partial charge in [-0.3, -0.25) is 0 Å². The first-order valence-corrected chi connectivity index (χ1v) is 10.5. The highest BCUT2D eigenvalue weighted by Gasteiger charge is 2.32. The number of rotatable bonds is 6. The van der Waals surface area contributed by atoms with Crippen LogP contribution in [0.25, 0.3) is 0 Å². The highest BCUT2D eigenvalue weighted by Crippen LogP contribution is 2.21. The third-order valence-electron chi connectivity index (χ3n) is 3.75. The van der Waals surface area contributed by atoms with Crippen LogP contribution in [0.4, 0.5) is 0 Å². The van der Waals surface area contributed by atoms with Crippen LogP contribution in [0.3, 0.4) is 0 Å². The molecule has 9 heteroatoms. The fraction of sp³-hybridized carbons (Fsp3) is 0.571. The third-order valence-corrected chi connectivity index (χ3v) is 7.74. The lowest BCUT2D eigenvalue weighted by molar-refractivity contribution is 0.273. The minimum atomic E-state index is -3.61. The van der Waals surface area contributed by atoms with E-state index in [1.807, 2.05) is 6.92 Å². The average Bonchev–Trinajstić information content (AvgIpc) is 2.55. The van der Waals surface area contributed by atoms with Crippen LogP contribution in [0.1, 0.15) is 13.3 Å². The monoisotopic (exact) mass is 362 g/mol. The molecule has 1 fully saturated rings. The lowest BCUT2D eigenvalue weighted by Crippen LogP contribution is -2.50. The fourth-order valence-electron chi connectivity index (χ4n) is 2.47. The van der Waals surface area contributed by atoms with Gasteiger partial charge in [-0.05, 0) is 30.7 Å². The molecule has 130 valence electrons. The van der Waals surface area contributed by atoms with Gasteiger partial charge in [0.1, 0.15) is 5.75 Å². The normalized spacial score (nSPS) is 18.0. The van der Waals surface area contributed by atoms with Gasteiger partial charge >= 0.3 is 0 Å². The van der Waals surface area contributed by atoms with Gasteiger partial charge < -0.3 is 4.74 Å². The van der Waals surface area contributed by atoms with Crippen LogP contribution in [0.15, 0.2) is 29.2 Å². The van der Waals surface area contributed by atoms with E-state index in [0.29, 0.717) is 12.2 Å². The summed E-state index contributed by atoms with van der Waals surface area (Å²) < 4.78 is 56.9. The molecule has 0 bridgehead atoms. The maximum Gasteiger partial charge on any atom is 0.243 e. The maximum atomic E-state index is 12.6.